The predicted molar refractivity (Wildman–Crippen MR) is 42.9 cm³/mol. The van der Waals surface area contributed by atoms with Crippen molar-refractivity contribution in [1.82, 2.24) is 0 Å². The summed E-state index contributed by atoms with van der Waals surface area (Å²) in [4.78, 5) is 10.2. The van der Waals surface area contributed by atoms with Crippen LogP contribution in [0.25, 0.3) is 0 Å². The van der Waals surface area contributed by atoms with Crippen LogP contribution in [0.15, 0.2) is 28.7 Å². The summed E-state index contributed by atoms with van der Waals surface area (Å²) < 4.78 is 0.809. The molecule has 1 aromatic rings. The molecule has 12 heavy (non-hydrogen) atoms. The zero-order chi connectivity index (χ0) is 8.27. The van der Waals surface area contributed by atoms with E-state index in [1.165, 1.54) is 0 Å². The fraction of sp³-hybridized carbons (Fsp3) is 0.125. The molecular formula is C8H6BrKO2. The van der Waals surface area contributed by atoms with Gasteiger partial charge in [-0.1, -0.05) is 34.1 Å². The van der Waals surface area contributed by atoms with Crippen LogP contribution < -0.4 is 56.5 Å². The first kappa shape index (κ1) is 12.8. The molecule has 0 aliphatic rings. The van der Waals surface area contributed by atoms with Crippen molar-refractivity contribution in [2.24, 2.45) is 0 Å². The van der Waals surface area contributed by atoms with Gasteiger partial charge in [0, 0.05) is 16.9 Å². The molecule has 0 aliphatic heterocycles. The molecule has 0 saturated heterocycles. The van der Waals surface area contributed by atoms with E-state index in [0.29, 0.717) is 0 Å². The second-order valence-electron chi connectivity index (χ2n) is 2.14. The Morgan fingerprint density at radius 3 is 2.50 bits per heavy atom. The molecule has 0 spiro atoms. The van der Waals surface area contributed by atoms with Crippen molar-refractivity contribution >= 4 is 21.9 Å². The van der Waals surface area contributed by atoms with E-state index in [0.717, 1.165) is 10.0 Å². The molecule has 58 valence electrons. The van der Waals surface area contributed by atoms with Crippen LogP contribution in [-0.4, -0.2) is 5.97 Å². The van der Waals surface area contributed by atoms with Gasteiger partial charge in [0.05, 0.1) is 0 Å². The van der Waals surface area contributed by atoms with Gasteiger partial charge in [-0.05, 0) is 11.6 Å². The van der Waals surface area contributed by atoms with Gasteiger partial charge in [0.1, 0.15) is 0 Å². The second-order valence-corrected chi connectivity index (χ2v) is 2.99. The van der Waals surface area contributed by atoms with Crippen LogP contribution in [0.5, 0.6) is 0 Å². The van der Waals surface area contributed by atoms with E-state index < -0.39 is 5.97 Å². The number of carboxylic acid groups (broad SMARTS) is 1. The Hall–Kier alpha value is 0.806. The molecular weight excluding hydrogens is 247 g/mol. The van der Waals surface area contributed by atoms with Gasteiger partial charge < -0.3 is 9.90 Å². The maximum atomic E-state index is 10.2. The molecule has 0 aromatic heterocycles. The zero-order valence-corrected chi connectivity index (χ0v) is 11.4. The molecule has 0 amide bonds. The van der Waals surface area contributed by atoms with Crippen molar-refractivity contribution in [3.8, 4) is 0 Å². The molecule has 0 heterocycles. The van der Waals surface area contributed by atoms with Crippen molar-refractivity contribution in [2.75, 3.05) is 0 Å². The van der Waals surface area contributed by atoms with Gasteiger partial charge in [-0.2, -0.15) is 0 Å². The average Bonchev–Trinajstić information content (AvgIpc) is 1.93. The Morgan fingerprint density at radius 2 is 2.00 bits per heavy atom. The molecule has 0 fully saturated rings. The van der Waals surface area contributed by atoms with Gasteiger partial charge in [0.2, 0.25) is 0 Å². The molecule has 1 aromatic carbocycles. The summed E-state index contributed by atoms with van der Waals surface area (Å²) in [5.74, 6) is -1.06. The van der Waals surface area contributed by atoms with E-state index in [1.807, 2.05) is 6.07 Å². The van der Waals surface area contributed by atoms with Gasteiger partial charge in [-0.15, -0.1) is 0 Å². The summed E-state index contributed by atoms with van der Waals surface area (Å²) in [7, 11) is 0. The van der Waals surface area contributed by atoms with E-state index in [1.54, 1.807) is 18.2 Å². The van der Waals surface area contributed by atoms with Crippen molar-refractivity contribution in [3.05, 3.63) is 34.3 Å². The molecule has 0 N–H and O–H groups in total. The smallest absolute Gasteiger partial charge is 0.550 e. The van der Waals surface area contributed by atoms with Gasteiger partial charge >= 0.3 is 51.4 Å². The molecule has 0 atom stereocenters. The first-order valence-electron chi connectivity index (χ1n) is 3.13. The zero-order valence-electron chi connectivity index (χ0n) is 6.71. The van der Waals surface area contributed by atoms with Crippen LogP contribution >= 0.6 is 15.9 Å². The third-order valence-corrected chi connectivity index (χ3v) is 2.07. The Bertz CT molecular complexity index is 276. The van der Waals surface area contributed by atoms with Gasteiger partial charge in [0.15, 0.2) is 0 Å². The number of carbonyl (C=O) groups is 1. The van der Waals surface area contributed by atoms with Crippen LogP contribution in [0.1, 0.15) is 5.56 Å². The molecule has 0 bridgehead atoms. The predicted octanol–water partition coefficient (Wildman–Crippen LogP) is -2.25. The quantitative estimate of drug-likeness (QED) is 0.558. The Labute approximate surface area is 122 Å². The van der Waals surface area contributed by atoms with Crippen molar-refractivity contribution in [3.63, 3.8) is 0 Å². The van der Waals surface area contributed by atoms with E-state index >= 15 is 0 Å². The largest absolute Gasteiger partial charge is 1.00 e. The third-order valence-electron chi connectivity index (χ3n) is 1.29. The Morgan fingerprint density at radius 1 is 1.42 bits per heavy atom. The standard InChI is InChI=1S/C8H7BrO2.K/c9-7-4-2-1-3-6(7)5-8(10)11;/h1-4H,5H2,(H,10,11);/q;+1/p-1. The molecule has 4 heteroatoms. The molecule has 0 saturated carbocycles. The fourth-order valence-electron chi connectivity index (χ4n) is 0.797. The van der Waals surface area contributed by atoms with Gasteiger partial charge in [-0.3, -0.25) is 0 Å². The molecule has 0 aliphatic carbocycles. The number of carboxylic acids is 1. The summed E-state index contributed by atoms with van der Waals surface area (Å²) >= 11 is 3.23. The van der Waals surface area contributed by atoms with Gasteiger partial charge in [-0.25, -0.2) is 0 Å². The summed E-state index contributed by atoms with van der Waals surface area (Å²) in [6.07, 6.45) is -0.0403. The fourth-order valence-corrected chi connectivity index (χ4v) is 1.22. The Kier molecular flexibility index (Phi) is 6.71. The van der Waals surface area contributed by atoms with E-state index in [4.69, 9.17) is 0 Å². The van der Waals surface area contributed by atoms with Crippen LogP contribution in [-0.2, 0) is 11.2 Å². The Balaban J connectivity index is 0.00000121. The minimum atomic E-state index is -1.06. The van der Waals surface area contributed by atoms with E-state index in [9.17, 15) is 9.90 Å². The second kappa shape index (κ2) is 6.29. The average molecular weight is 253 g/mol. The maximum Gasteiger partial charge on any atom is 1.00 e. The molecule has 1 rings (SSSR count). The summed E-state index contributed by atoms with van der Waals surface area (Å²) in [6, 6.07) is 7.18. The number of benzene rings is 1. The number of rotatable bonds is 2. The summed E-state index contributed by atoms with van der Waals surface area (Å²) in [5, 5.41) is 10.2. The molecule has 2 nitrogen and oxygen atoms in total. The number of aliphatic carboxylic acids is 1. The first-order chi connectivity index (χ1) is 5.20. The minimum absolute atomic E-state index is 0. The monoisotopic (exact) mass is 252 g/mol. The number of hydrogen-bond donors (Lipinski definition) is 0. The summed E-state index contributed by atoms with van der Waals surface area (Å²) in [6.45, 7) is 0. The van der Waals surface area contributed by atoms with E-state index in [2.05, 4.69) is 15.9 Å². The normalized spacial score (nSPS) is 8.75. The molecule has 0 radical (unpaired) electrons. The maximum absolute atomic E-state index is 10.2. The van der Waals surface area contributed by atoms with Crippen LogP contribution in [0.3, 0.4) is 0 Å². The number of halogens is 1. The van der Waals surface area contributed by atoms with E-state index in [-0.39, 0.29) is 57.8 Å². The summed E-state index contributed by atoms with van der Waals surface area (Å²) in [5.41, 5.74) is 0.743. The first-order valence-corrected chi connectivity index (χ1v) is 3.92. The van der Waals surface area contributed by atoms with Crippen LogP contribution in [0.4, 0.5) is 0 Å². The third kappa shape index (κ3) is 4.16. The van der Waals surface area contributed by atoms with Crippen LogP contribution in [0.2, 0.25) is 0 Å². The number of carbonyl (C=O) groups excluding carboxylic acids is 1. The van der Waals surface area contributed by atoms with Crippen molar-refractivity contribution in [1.29, 1.82) is 0 Å². The topological polar surface area (TPSA) is 40.1 Å². The van der Waals surface area contributed by atoms with Gasteiger partial charge in [0.25, 0.3) is 0 Å². The van der Waals surface area contributed by atoms with Crippen molar-refractivity contribution in [2.45, 2.75) is 6.42 Å². The number of hydrogen-bond acceptors (Lipinski definition) is 2. The SMILES string of the molecule is O=C([O-])Cc1ccccc1Br.[K+]. The van der Waals surface area contributed by atoms with Crippen LogP contribution in [0, 0.1) is 0 Å². The van der Waals surface area contributed by atoms with Crippen molar-refractivity contribution < 1.29 is 61.3 Å². The minimum Gasteiger partial charge on any atom is -0.550 e. The molecule has 0 unspecified atom stereocenters.